The summed E-state index contributed by atoms with van der Waals surface area (Å²) in [6.07, 6.45) is 5.85. The van der Waals surface area contributed by atoms with Crippen LogP contribution in [0.5, 0.6) is 0 Å². The highest BCUT2D eigenvalue weighted by atomic mass is 79.9. The third kappa shape index (κ3) is 6.38. The van der Waals surface area contributed by atoms with E-state index in [0.29, 0.717) is 24.8 Å². The van der Waals surface area contributed by atoms with Crippen LogP contribution in [0.4, 0.5) is 11.6 Å². The van der Waals surface area contributed by atoms with Gasteiger partial charge in [0, 0.05) is 36.8 Å². The number of fused-ring (bicyclic) bond motifs is 1. The van der Waals surface area contributed by atoms with Crippen molar-refractivity contribution in [3.8, 4) is 0 Å². The number of nitrogens with one attached hydrogen (secondary N) is 1. The minimum Gasteiger partial charge on any atom is -0.342 e. The molecule has 1 aromatic heterocycles. The van der Waals surface area contributed by atoms with Gasteiger partial charge >= 0.3 is 0 Å². The van der Waals surface area contributed by atoms with Crippen LogP contribution in [-0.4, -0.2) is 65.2 Å². The molecule has 0 atom stereocenters. The van der Waals surface area contributed by atoms with Crippen molar-refractivity contribution in [3.63, 3.8) is 0 Å². The number of benzene rings is 2. The maximum absolute atomic E-state index is 12.6. The van der Waals surface area contributed by atoms with E-state index in [1.54, 1.807) is 0 Å². The van der Waals surface area contributed by atoms with Crippen molar-refractivity contribution in [1.82, 2.24) is 19.8 Å². The van der Waals surface area contributed by atoms with Gasteiger partial charge in [-0.1, -0.05) is 30.3 Å². The predicted molar refractivity (Wildman–Crippen MR) is 167 cm³/mol. The lowest BCUT2D eigenvalue weighted by atomic mass is 9.82. The second kappa shape index (κ2) is 12.0. The lowest BCUT2D eigenvalue weighted by molar-refractivity contribution is -0.132. The number of Topliss-reactive ketones (excluding diaryl/α,β-unsaturated/α-hetero) is 1. The number of anilines is 2. The average molecular weight is 619 g/mol. The van der Waals surface area contributed by atoms with Crippen LogP contribution in [0, 0.1) is 6.92 Å². The molecule has 1 aliphatic heterocycles. The molecule has 3 aromatic rings. The smallest absolute Gasteiger partial charge is 0.236 e. The summed E-state index contributed by atoms with van der Waals surface area (Å²) in [6, 6.07) is 12.8. The number of likely N-dealkylation sites (tertiary alicyclic amines) is 1. The number of carbonyl (C=O) groups is 2. The van der Waals surface area contributed by atoms with Gasteiger partial charge in [-0.3, -0.25) is 9.59 Å². The largest absolute Gasteiger partial charge is 0.342 e. The average Bonchev–Trinajstić information content (AvgIpc) is 3.17. The molecule has 41 heavy (non-hydrogen) atoms. The number of aromatic nitrogens is 2. The molecule has 7 nitrogen and oxygen atoms in total. The molecule has 0 spiro atoms. The number of aryl methyl sites for hydroxylation is 3. The predicted octanol–water partition coefficient (Wildman–Crippen LogP) is 5.75. The van der Waals surface area contributed by atoms with Gasteiger partial charge in [-0.05, 0) is 116 Å². The Morgan fingerprint density at radius 3 is 2.61 bits per heavy atom. The number of carbonyl (C=O) groups excluding carboxylic acids is 2. The molecule has 1 aliphatic carbocycles. The Labute approximate surface area is 251 Å². The molecule has 0 unspecified atom stereocenters. The number of amides is 1. The quantitative estimate of drug-likeness (QED) is 0.347. The molecule has 5 rings (SSSR count). The number of ketones is 1. The monoisotopic (exact) mass is 617 g/mol. The summed E-state index contributed by atoms with van der Waals surface area (Å²) in [5, 5.41) is 3.42. The fourth-order valence-corrected chi connectivity index (χ4v) is 6.66. The van der Waals surface area contributed by atoms with Crippen LogP contribution >= 0.6 is 15.9 Å². The second-order valence-electron chi connectivity index (χ2n) is 12.3. The normalized spacial score (nSPS) is 16.8. The number of piperidine rings is 1. The molecule has 1 N–H and O–H groups in total. The van der Waals surface area contributed by atoms with Crippen LogP contribution < -0.4 is 5.32 Å². The molecular formula is C33H40BrN5O2. The highest BCUT2D eigenvalue weighted by Gasteiger charge is 2.39. The molecule has 2 heterocycles. The van der Waals surface area contributed by atoms with E-state index in [1.807, 2.05) is 43.9 Å². The number of hydrogen-bond donors (Lipinski definition) is 1. The summed E-state index contributed by atoms with van der Waals surface area (Å²) in [5.74, 6) is 1.53. The van der Waals surface area contributed by atoms with E-state index < -0.39 is 5.41 Å². The minimum absolute atomic E-state index is 0.213. The molecule has 216 valence electrons. The highest BCUT2D eigenvalue weighted by Crippen LogP contribution is 2.38. The molecular weight excluding hydrogens is 578 g/mol. The van der Waals surface area contributed by atoms with Crippen molar-refractivity contribution >= 4 is 39.3 Å². The van der Waals surface area contributed by atoms with Crippen LogP contribution in [-0.2, 0) is 34.3 Å². The molecule has 0 radical (unpaired) electrons. The summed E-state index contributed by atoms with van der Waals surface area (Å²) in [6.45, 7) is 8.28. The van der Waals surface area contributed by atoms with E-state index in [1.165, 1.54) is 16.7 Å². The molecule has 2 aliphatic rings. The number of halogens is 1. The van der Waals surface area contributed by atoms with Gasteiger partial charge in [0.2, 0.25) is 11.9 Å². The van der Waals surface area contributed by atoms with Crippen LogP contribution in [0.3, 0.4) is 0 Å². The van der Waals surface area contributed by atoms with Crippen molar-refractivity contribution in [2.75, 3.05) is 39.0 Å². The molecule has 1 amide bonds. The number of nitrogens with zero attached hydrogens (tertiary/aromatic N) is 4. The summed E-state index contributed by atoms with van der Waals surface area (Å²) >= 11 is 3.64. The van der Waals surface area contributed by atoms with E-state index in [0.717, 1.165) is 65.8 Å². The zero-order valence-electron chi connectivity index (χ0n) is 24.8. The van der Waals surface area contributed by atoms with Crippen molar-refractivity contribution < 1.29 is 9.59 Å². The summed E-state index contributed by atoms with van der Waals surface area (Å²) in [4.78, 5) is 38.3. The molecule has 1 saturated heterocycles. The molecule has 1 fully saturated rings. The third-order valence-corrected chi connectivity index (χ3v) is 9.29. The summed E-state index contributed by atoms with van der Waals surface area (Å²) < 4.78 is 0.883. The van der Waals surface area contributed by atoms with Crippen LogP contribution in [0.15, 0.2) is 47.1 Å². The summed E-state index contributed by atoms with van der Waals surface area (Å²) in [7, 11) is 3.87. The first-order valence-electron chi connectivity index (χ1n) is 14.5. The topological polar surface area (TPSA) is 78.4 Å². The first-order chi connectivity index (χ1) is 19.5. The first-order valence-corrected chi connectivity index (χ1v) is 15.3. The standard InChI is InChI=1S/C33H40BrN5O2/c1-21-17-24(22-13-15-39(16-14-22)30(41)20-38(4)5)10-11-27(21)36-32-35-19-26(34)28(37-32)12-9-23-7-6-8-25-18-29(40)33(2,3)31(23)25/h6-8,10-11,17,19,22H,9,12-16,18,20H2,1-5H3,(H,35,36,37). The number of rotatable bonds is 8. The maximum atomic E-state index is 12.6. The number of hydrogen-bond acceptors (Lipinski definition) is 6. The van der Waals surface area contributed by atoms with E-state index in [-0.39, 0.29) is 11.7 Å². The van der Waals surface area contributed by atoms with E-state index in [9.17, 15) is 9.59 Å². The van der Waals surface area contributed by atoms with E-state index in [2.05, 4.69) is 69.6 Å². The maximum Gasteiger partial charge on any atom is 0.236 e. The Balaban J connectivity index is 1.24. The van der Waals surface area contributed by atoms with Crippen LogP contribution in [0.2, 0.25) is 0 Å². The molecule has 2 aromatic carbocycles. The molecule has 0 bridgehead atoms. The minimum atomic E-state index is -0.439. The van der Waals surface area contributed by atoms with Gasteiger partial charge in [0.05, 0.1) is 16.7 Å². The second-order valence-corrected chi connectivity index (χ2v) is 13.1. The van der Waals surface area contributed by atoms with Gasteiger partial charge in [-0.15, -0.1) is 0 Å². The van der Waals surface area contributed by atoms with Gasteiger partial charge < -0.3 is 15.1 Å². The Kier molecular flexibility index (Phi) is 8.62. The number of likely N-dealkylation sites (N-methyl/N-ethyl adjacent to an activating group) is 1. The van der Waals surface area contributed by atoms with Crippen molar-refractivity contribution in [3.05, 3.63) is 80.6 Å². The lowest BCUT2D eigenvalue weighted by Crippen LogP contribution is -2.42. The molecule has 0 saturated carbocycles. The van der Waals surface area contributed by atoms with Gasteiger partial charge in [0.25, 0.3) is 0 Å². The third-order valence-electron chi connectivity index (χ3n) is 8.63. The van der Waals surface area contributed by atoms with Gasteiger partial charge in [0.1, 0.15) is 5.78 Å². The first kappa shape index (κ1) is 29.4. The Bertz CT molecular complexity index is 1460. The zero-order chi connectivity index (χ0) is 29.3. The van der Waals surface area contributed by atoms with Gasteiger partial charge in [-0.2, -0.15) is 0 Å². The Hall–Kier alpha value is -3.10. The van der Waals surface area contributed by atoms with Gasteiger partial charge in [0.15, 0.2) is 0 Å². The SMILES string of the molecule is Cc1cc(C2CCN(C(=O)CN(C)C)CC2)ccc1Nc1ncc(Br)c(CCc2cccc3c2C(C)(C)C(=O)C3)n1. The van der Waals surface area contributed by atoms with Crippen molar-refractivity contribution in [1.29, 1.82) is 0 Å². The Morgan fingerprint density at radius 1 is 1.15 bits per heavy atom. The van der Waals surface area contributed by atoms with Crippen molar-refractivity contribution in [2.45, 2.75) is 64.2 Å². The molecule has 8 heteroatoms. The fourth-order valence-electron chi connectivity index (χ4n) is 6.27. The highest BCUT2D eigenvalue weighted by molar-refractivity contribution is 9.10. The van der Waals surface area contributed by atoms with Crippen molar-refractivity contribution in [2.24, 2.45) is 0 Å². The van der Waals surface area contributed by atoms with E-state index >= 15 is 0 Å². The lowest BCUT2D eigenvalue weighted by Gasteiger charge is -2.33. The summed E-state index contributed by atoms with van der Waals surface area (Å²) in [5.41, 5.74) is 7.52. The fraction of sp³-hybridized carbons (Fsp3) is 0.455. The van der Waals surface area contributed by atoms with Gasteiger partial charge in [-0.25, -0.2) is 9.97 Å². The zero-order valence-corrected chi connectivity index (χ0v) is 26.3. The van der Waals surface area contributed by atoms with Crippen LogP contribution in [0.1, 0.15) is 66.1 Å². The van der Waals surface area contributed by atoms with Crippen LogP contribution in [0.25, 0.3) is 0 Å². The van der Waals surface area contributed by atoms with E-state index in [4.69, 9.17) is 4.98 Å². The Morgan fingerprint density at radius 2 is 1.90 bits per heavy atom.